The van der Waals surface area contributed by atoms with Crippen LogP contribution in [0.15, 0.2) is 42.7 Å². The zero-order valence-corrected chi connectivity index (χ0v) is 13.3. The first-order valence-electron chi connectivity index (χ1n) is 7.80. The number of hydrogen-bond donors (Lipinski definition) is 1. The molecule has 1 aliphatic rings. The lowest BCUT2D eigenvalue weighted by molar-refractivity contribution is 0.0658. The zero-order chi connectivity index (χ0) is 16.1. The van der Waals surface area contributed by atoms with E-state index in [9.17, 15) is 4.79 Å². The van der Waals surface area contributed by atoms with Crippen LogP contribution in [0.2, 0.25) is 0 Å². The van der Waals surface area contributed by atoms with Crippen molar-refractivity contribution < 1.29 is 4.79 Å². The average molecular weight is 311 g/mol. The van der Waals surface area contributed by atoms with Crippen molar-refractivity contribution in [3.05, 3.63) is 54.0 Å². The van der Waals surface area contributed by atoms with Crippen molar-refractivity contribution in [1.82, 2.24) is 19.8 Å². The van der Waals surface area contributed by atoms with Gasteiger partial charge in [-0.15, -0.1) is 0 Å². The lowest BCUT2D eigenvalue weighted by Crippen LogP contribution is -2.47. The van der Waals surface area contributed by atoms with Gasteiger partial charge in [0, 0.05) is 38.8 Å². The van der Waals surface area contributed by atoms with Gasteiger partial charge < -0.3 is 15.1 Å². The van der Waals surface area contributed by atoms with Gasteiger partial charge >= 0.3 is 0 Å². The van der Waals surface area contributed by atoms with Gasteiger partial charge in [0.05, 0.1) is 0 Å². The minimum atomic E-state index is -0.0248. The van der Waals surface area contributed by atoms with Crippen molar-refractivity contribution in [1.29, 1.82) is 0 Å². The number of anilines is 1. The van der Waals surface area contributed by atoms with Crippen molar-refractivity contribution in [2.24, 2.45) is 0 Å². The molecule has 0 radical (unpaired) electrons. The fourth-order valence-electron chi connectivity index (χ4n) is 2.53. The van der Waals surface area contributed by atoms with Crippen LogP contribution in [-0.4, -0.2) is 58.9 Å². The van der Waals surface area contributed by atoms with Crippen molar-refractivity contribution in [2.45, 2.75) is 6.54 Å². The molecular formula is C17H21N5O. The Morgan fingerprint density at radius 1 is 1.13 bits per heavy atom. The monoisotopic (exact) mass is 311 g/mol. The van der Waals surface area contributed by atoms with E-state index in [1.807, 2.05) is 35.2 Å². The molecule has 0 bridgehead atoms. The van der Waals surface area contributed by atoms with Crippen LogP contribution in [0.5, 0.6) is 0 Å². The highest BCUT2D eigenvalue weighted by Gasteiger charge is 2.21. The second-order valence-corrected chi connectivity index (χ2v) is 5.72. The van der Waals surface area contributed by atoms with E-state index < -0.39 is 0 Å². The topological polar surface area (TPSA) is 61.4 Å². The molecule has 1 saturated heterocycles. The van der Waals surface area contributed by atoms with Crippen LogP contribution in [0, 0.1) is 0 Å². The Balaban J connectivity index is 1.64. The Morgan fingerprint density at radius 3 is 2.61 bits per heavy atom. The highest BCUT2D eigenvalue weighted by atomic mass is 16.2. The summed E-state index contributed by atoms with van der Waals surface area (Å²) < 4.78 is 0. The average Bonchev–Trinajstić information content (AvgIpc) is 2.61. The fourth-order valence-corrected chi connectivity index (χ4v) is 2.53. The lowest BCUT2D eigenvalue weighted by Gasteiger charge is -2.32. The van der Waals surface area contributed by atoms with E-state index in [-0.39, 0.29) is 5.91 Å². The molecule has 23 heavy (non-hydrogen) atoms. The third kappa shape index (κ3) is 4.04. The van der Waals surface area contributed by atoms with E-state index >= 15 is 0 Å². The summed E-state index contributed by atoms with van der Waals surface area (Å²) in [6.07, 6.45) is 1.44. The molecule has 120 valence electrons. The third-order valence-corrected chi connectivity index (χ3v) is 3.99. The molecule has 2 heterocycles. The van der Waals surface area contributed by atoms with Crippen molar-refractivity contribution in [2.75, 3.05) is 38.5 Å². The minimum absolute atomic E-state index is 0.0248. The van der Waals surface area contributed by atoms with Crippen LogP contribution in [0.3, 0.4) is 0 Å². The maximum atomic E-state index is 12.5. The quantitative estimate of drug-likeness (QED) is 0.926. The number of carbonyl (C=O) groups is 1. The molecule has 2 aromatic rings. The molecule has 3 rings (SSSR count). The molecule has 1 fully saturated rings. The molecule has 1 aromatic carbocycles. The molecule has 1 amide bonds. The molecule has 6 nitrogen and oxygen atoms in total. The zero-order valence-electron chi connectivity index (χ0n) is 13.3. The number of benzene rings is 1. The summed E-state index contributed by atoms with van der Waals surface area (Å²) in [5, 5.41) is 3.24. The molecule has 0 saturated carbocycles. The Labute approximate surface area is 136 Å². The molecule has 6 heteroatoms. The molecule has 0 unspecified atom stereocenters. The van der Waals surface area contributed by atoms with Gasteiger partial charge in [0.25, 0.3) is 5.91 Å². The van der Waals surface area contributed by atoms with E-state index in [2.05, 4.69) is 27.2 Å². The Morgan fingerprint density at radius 2 is 1.87 bits per heavy atom. The van der Waals surface area contributed by atoms with Crippen LogP contribution < -0.4 is 5.32 Å². The number of aromatic nitrogens is 2. The van der Waals surface area contributed by atoms with Crippen LogP contribution in [0.4, 0.5) is 5.82 Å². The summed E-state index contributed by atoms with van der Waals surface area (Å²) >= 11 is 0. The van der Waals surface area contributed by atoms with Gasteiger partial charge in [-0.3, -0.25) is 4.79 Å². The summed E-state index contributed by atoms with van der Waals surface area (Å²) in [6.45, 7) is 3.95. The number of amides is 1. The van der Waals surface area contributed by atoms with Gasteiger partial charge in [0.15, 0.2) is 0 Å². The maximum absolute atomic E-state index is 12.5. The Kier molecular flexibility index (Phi) is 4.83. The van der Waals surface area contributed by atoms with Crippen LogP contribution >= 0.6 is 0 Å². The van der Waals surface area contributed by atoms with Crippen LogP contribution in [-0.2, 0) is 6.54 Å². The first kappa shape index (κ1) is 15.4. The smallest absolute Gasteiger partial charge is 0.272 e. The number of carbonyl (C=O) groups excluding carboxylic acids is 1. The normalized spacial score (nSPS) is 15.4. The molecule has 0 spiro atoms. The number of nitrogens with one attached hydrogen (secondary N) is 1. The standard InChI is InChI=1S/C17H21N5O/c1-21-7-9-22(10-8-21)17(23)15-11-16(20-13-19-15)18-12-14-5-3-2-4-6-14/h2-6,11,13H,7-10,12H2,1H3,(H,18,19,20). The van der Waals surface area contributed by atoms with E-state index in [4.69, 9.17) is 0 Å². The summed E-state index contributed by atoms with van der Waals surface area (Å²) in [6, 6.07) is 11.8. The number of hydrogen-bond acceptors (Lipinski definition) is 5. The van der Waals surface area contributed by atoms with Gasteiger partial charge in [0.2, 0.25) is 0 Å². The maximum Gasteiger partial charge on any atom is 0.272 e. The molecule has 0 aliphatic carbocycles. The highest BCUT2D eigenvalue weighted by Crippen LogP contribution is 2.10. The fraction of sp³-hybridized carbons (Fsp3) is 0.353. The van der Waals surface area contributed by atoms with Gasteiger partial charge in [-0.25, -0.2) is 9.97 Å². The van der Waals surface area contributed by atoms with Crippen LogP contribution in [0.25, 0.3) is 0 Å². The Bertz CT molecular complexity index is 653. The number of piperazine rings is 1. The van der Waals surface area contributed by atoms with E-state index in [0.29, 0.717) is 18.1 Å². The van der Waals surface area contributed by atoms with Crippen LogP contribution in [0.1, 0.15) is 16.1 Å². The summed E-state index contributed by atoms with van der Waals surface area (Å²) in [4.78, 5) is 24.9. The predicted molar refractivity (Wildman–Crippen MR) is 89.2 cm³/mol. The third-order valence-electron chi connectivity index (χ3n) is 3.99. The highest BCUT2D eigenvalue weighted by molar-refractivity contribution is 5.93. The van der Waals surface area contributed by atoms with Gasteiger partial charge in [-0.1, -0.05) is 30.3 Å². The molecule has 0 atom stereocenters. The minimum Gasteiger partial charge on any atom is -0.366 e. The van der Waals surface area contributed by atoms with E-state index in [0.717, 1.165) is 31.7 Å². The van der Waals surface area contributed by atoms with E-state index in [1.54, 1.807) is 6.07 Å². The first-order valence-corrected chi connectivity index (χ1v) is 7.80. The second-order valence-electron chi connectivity index (χ2n) is 5.72. The molecular weight excluding hydrogens is 290 g/mol. The summed E-state index contributed by atoms with van der Waals surface area (Å²) in [5.41, 5.74) is 1.61. The SMILES string of the molecule is CN1CCN(C(=O)c2cc(NCc3ccccc3)ncn2)CC1. The molecule has 1 aromatic heterocycles. The summed E-state index contributed by atoms with van der Waals surface area (Å²) in [5.74, 6) is 0.643. The van der Waals surface area contributed by atoms with Gasteiger partial charge in [-0.2, -0.15) is 0 Å². The number of rotatable bonds is 4. The van der Waals surface area contributed by atoms with Gasteiger partial charge in [0.1, 0.15) is 17.8 Å². The molecule has 1 aliphatic heterocycles. The van der Waals surface area contributed by atoms with E-state index in [1.165, 1.54) is 6.33 Å². The van der Waals surface area contributed by atoms with Crippen molar-refractivity contribution in [3.8, 4) is 0 Å². The van der Waals surface area contributed by atoms with Crippen molar-refractivity contribution in [3.63, 3.8) is 0 Å². The first-order chi connectivity index (χ1) is 11.2. The Hall–Kier alpha value is -2.47. The predicted octanol–water partition coefficient (Wildman–Crippen LogP) is 1.48. The number of likely N-dealkylation sites (N-methyl/N-ethyl adjacent to an activating group) is 1. The van der Waals surface area contributed by atoms with Gasteiger partial charge in [-0.05, 0) is 12.6 Å². The largest absolute Gasteiger partial charge is 0.366 e. The van der Waals surface area contributed by atoms with Crippen molar-refractivity contribution >= 4 is 11.7 Å². The summed E-state index contributed by atoms with van der Waals surface area (Å²) in [7, 11) is 2.07. The number of nitrogens with zero attached hydrogens (tertiary/aromatic N) is 4. The lowest BCUT2D eigenvalue weighted by atomic mass is 10.2. The second kappa shape index (κ2) is 7.19. The molecule has 1 N–H and O–H groups in total.